The van der Waals surface area contributed by atoms with Crippen LogP contribution in [0.1, 0.15) is 5.56 Å². The smallest absolute Gasteiger partial charge is 0.298 e. The van der Waals surface area contributed by atoms with Gasteiger partial charge >= 0.3 is 6.09 Å². The van der Waals surface area contributed by atoms with Crippen molar-refractivity contribution in [2.45, 2.75) is 0 Å². The molecule has 2 aromatic rings. The number of aromatic nitrogens is 1. The third-order valence-corrected chi connectivity index (χ3v) is 2.35. The largest absolute Gasteiger partial charge is 0.437 e. The maximum atomic E-state index is 11.4. The van der Waals surface area contributed by atoms with E-state index in [1.807, 2.05) is 0 Å². The van der Waals surface area contributed by atoms with Crippen molar-refractivity contribution in [2.75, 3.05) is 5.32 Å². The van der Waals surface area contributed by atoms with Gasteiger partial charge in [-0.1, -0.05) is 22.8 Å². The third-order valence-electron chi connectivity index (χ3n) is 2.11. The molecule has 0 aliphatic carbocycles. The van der Waals surface area contributed by atoms with E-state index in [4.69, 9.17) is 11.6 Å². The Balaban J connectivity index is 1.87. The van der Waals surface area contributed by atoms with Crippen LogP contribution in [0.25, 0.3) is 0 Å². The highest BCUT2D eigenvalue weighted by molar-refractivity contribution is 6.30. The molecule has 96 valence electrons. The highest BCUT2D eigenvalue weighted by Gasteiger charge is 2.02. The summed E-state index contributed by atoms with van der Waals surface area (Å²) in [6.45, 7) is 0. The van der Waals surface area contributed by atoms with E-state index in [2.05, 4.69) is 20.3 Å². The third kappa shape index (κ3) is 4.40. The minimum atomic E-state index is -0.687. The number of rotatable bonds is 3. The topological polar surface area (TPSA) is 63.6 Å². The fourth-order valence-electron chi connectivity index (χ4n) is 1.29. The summed E-state index contributed by atoms with van der Waals surface area (Å²) in [5.41, 5.74) is 1.32. The normalized spacial score (nSPS) is 10.4. The number of hydrogen-bond donors (Lipinski definition) is 1. The summed E-state index contributed by atoms with van der Waals surface area (Å²) in [5.74, 6) is 0. The van der Waals surface area contributed by atoms with Crippen LogP contribution in [0.5, 0.6) is 0 Å². The summed E-state index contributed by atoms with van der Waals surface area (Å²) >= 11 is 5.79. The molecule has 1 N–H and O–H groups in total. The van der Waals surface area contributed by atoms with Crippen molar-refractivity contribution in [3.8, 4) is 0 Å². The van der Waals surface area contributed by atoms with Crippen LogP contribution in [0.4, 0.5) is 10.5 Å². The summed E-state index contributed by atoms with van der Waals surface area (Å²) < 4.78 is 0. The van der Waals surface area contributed by atoms with E-state index in [1.54, 1.807) is 48.8 Å². The van der Waals surface area contributed by atoms with Crippen LogP contribution >= 0.6 is 11.6 Å². The number of nitrogens with one attached hydrogen (secondary N) is 1. The molecule has 0 radical (unpaired) electrons. The van der Waals surface area contributed by atoms with Crippen molar-refractivity contribution in [1.82, 2.24) is 4.98 Å². The fourth-order valence-corrected chi connectivity index (χ4v) is 1.48. The van der Waals surface area contributed by atoms with Gasteiger partial charge < -0.3 is 0 Å². The Kier molecular flexibility index (Phi) is 4.47. The van der Waals surface area contributed by atoms with Crippen LogP contribution in [0, 0.1) is 0 Å². The zero-order valence-electron chi connectivity index (χ0n) is 9.79. The lowest BCUT2D eigenvalue weighted by Crippen LogP contribution is -2.10. The molecule has 1 aromatic carbocycles. The van der Waals surface area contributed by atoms with Gasteiger partial charge in [0.05, 0.1) is 6.21 Å². The van der Waals surface area contributed by atoms with Crippen molar-refractivity contribution < 1.29 is 9.63 Å². The molecule has 0 saturated heterocycles. The summed E-state index contributed by atoms with van der Waals surface area (Å²) in [7, 11) is 0. The lowest BCUT2D eigenvalue weighted by molar-refractivity contribution is 0.167. The van der Waals surface area contributed by atoms with Gasteiger partial charge in [-0.05, 0) is 35.9 Å². The van der Waals surface area contributed by atoms with E-state index in [9.17, 15) is 4.79 Å². The molecular weight excluding hydrogens is 266 g/mol. The molecule has 0 unspecified atom stereocenters. The molecule has 1 amide bonds. The molecule has 0 atom stereocenters. The van der Waals surface area contributed by atoms with Gasteiger partial charge in [0.1, 0.15) is 0 Å². The molecule has 5 nitrogen and oxygen atoms in total. The number of carbonyl (C=O) groups excluding carboxylic acids is 1. The summed E-state index contributed by atoms with van der Waals surface area (Å²) in [6.07, 6.45) is 3.97. The quantitative estimate of drug-likeness (QED) is 0.531. The number of hydrogen-bond acceptors (Lipinski definition) is 4. The second-order valence-electron chi connectivity index (χ2n) is 3.53. The van der Waals surface area contributed by atoms with Gasteiger partial charge in [-0.25, -0.2) is 4.79 Å². The molecule has 19 heavy (non-hydrogen) atoms. The molecule has 1 aromatic heterocycles. The molecule has 2 rings (SSSR count). The Labute approximate surface area is 114 Å². The molecular formula is C13H10ClN3O2. The highest BCUT2D eigenvalue weighted by Crippen LogP contribution is 2.14. The first kappa shape index (κ1) is 13.0. The molecule has 0 aliphatic rings. The van der Waals surface area contributed by atoms with Crippen LogP contribution in [0.15, 0.2) is 53.9 Å². The van der Waals surface area contributed by atoms with Gasteiger partial charge in [-0.2, -0.15) is 0 Å². The van der Waals surface area contributed by atoms with Crippen LogP contribution in [-0.2, 0) is 4.84 Å². The van der Waals surface area contributed by atoms with Crippen molar-refractivity contribution >= 4 is 29.6 Å². The molecule has 0 bridgehead atoms. The first-order chi connectivity index (χ1) is 9.24. The van der Waals surface area contributed by atoms with Gasteiger partial charge in [0.25, 0.3) is 0 Å². The van der Waals surface area contributed by atoms with E-state index in [0.29, 0.717) is 10.7 Å². The van der Waals surface area contributed by atoms with E-state index < -0.39 is 6.09 Å². The lowest BCUT2D eigenvalue weighted by atomic mass is 10.3. The Morgan fingerprint density at radius 3 is 2.84 bits per heavy atom. The van der Waals surface area contributed by atoms with E-state index in [1.165, 1.54) is 6.21 Å². The van der Waals surface area contributed by atoms with Crippen molar-refractivity contribution in [3.63, 3.8) is 0 Å². The maximum absolute atomic E-state index is 11.4. The summed E-state index contributed by atoms with van der Waals surface area (Å²) in [4.78, 5) is 19.9. The average molecular weight is 276 g/mol. The van der Waals surface area contributed by atoms with E-state index in [-0.39, 0.29) is 0 Å². The van der Waals surface area contributed by atoms with Crippen LogP contribution in [0.2, 0.25) is 5.02 Å². The number of benzene rings is 1. The molecule has 1 heterocycles. The summed E-state index contributed by atoms with van der Waals surface area (Å²) in [6, 6.07) is 10.2. The van der Waals surface area contributed by atoms with Gasteiger partial charge in [-0.15, -0.1) is 0 Å². The molecule has 0 saturated carbocycles. The van der Waals surface area contributed by atoms with Crippen molar-refractivity contribution in [1.29, 1.82) is 0 Å². The van der Waals surface area contributed by atoms with Gasteiger partial charge in [0, 0.05) is 23.1 Å². The van der Waals surface area contributed by atoms with Crippen LogP contribution in [0.3, 0.4) is 0 Å². The molecule has 0 aliphatic heterocycles. The number of amides is 1. The molecule has 0 spiro atoms. The summed E-state index contributed by atoms with van der Waals surface area (Å²) in [5, 5.41) is 6.59. The highest BCUT2D eigenvalue weighted by atomic mass is 35.5. The number of halogens is 1. The Morgan fingerprint density at radius 1 is 1.32 bits per heavy atom. The van der Waals surface area contributed by atoms with E-state index in [0.717, 1.165) is 5.56 Å². The SMILES string of the molecule is O=C(Nc1cccc(Cl)c1)O/N=C/c1ccncc1. The monoisotopic (exact) mass is 275 g/mol. The average Bonchev–Trinajstić information content (AvgIpc) is 2.40. The first-order valence-electron chi connectivity index (χ1n) is 5.41. The van der Waals surface area contributed by atoms with Gasteiger partial charge in [-0.3, -0.25) is 15.1 Å². The number of anilines is 1. The fraction of sp³-hybridized carbons (Fsp3) is 0. The van der Waals surface area contributed by atoms with Gasteiger partial charge in [0.2, 0.25) is 0 Å². The predicted octanol–water partition coefficient (Wildman–Crippen LogP) is 3.32. The second-order valence-corrected chi connectivity index (χ2v) is 3.97. The minimum Gasteiger partial charge on any atom is -0.298 e. The number of pyridine rings is 1. The minimum absolute atomic E-state index is 0.526. The Bertz CT molecular complexity index is 587. The predicted molar refractivity (Wildman–Crippen MR) is 73.4 cm³/mol. The zero-order valence-corrected chi connectivity index (χ0v) is 10.5. The lowest BCUT2D eigenvalue weighted by Gasteiger charge is -2.02. The zero-order chi connectivity index (χ0) is 13.5. The first-order valence-corrected chi connectivity index (χ1v) is 5.79. The van der Waals surface area contributed by atoms with Crippen LogP contribution in [-0.4, -0.2) is 17.3 Å². The van der Waals surface area contributed by atoms with Gasteiger partial charge in [0.15, 0.2) is 0 Å². The maximum Gasteiger partial charge on any atom is 0.437 e. The Hall–Kier alpha value is -2.40. The number of carbonyl (C=O) groups is 1. The number of nitrogens with zero attached hydrogens (tertiary/aromatic N) is 2. The standard InChI is InChI=1S/C13H10ClN3O2/c14-11-2-1-3-12(8-11)17-13(18)19-16-9-10-4-6-15-7-5-10/h1-9H,(H,17,18)/b16-9+. The van der Waals surface area contributed by atoms with Crippen molar-refractivity contribution in [3.05, 3.63) is 59.4 Å². The number of oxime groups is 1. The van der Waals surface area contributed by atoms with Crippen molar-refractivity contribution in [2.24, 2.45) is 5.16 Å². The molecule has 6 heteroatoms. The second kappa shape index (κ2) is 6.51. The van der Waals surface area contributed by atoms with E-state index >= 15 is 0 Å². The van der Waals surface area contributed by atoms with Crippen LogP contribution < -0.4 is 5.32 Å². The Morgan fingerprint density at radius 2 is 2.11 bits per heavy atom. The molecule has 0 fully saturated rings.